The molecular weight excluding hydrogens is 501 g/mol. The zero-order valence-corrected chi connectivity index (χ0v) is 21.0. The number of unbranched alkanes of at least 4 members (excludes halogenated alkanes) is 1. The Morgan fingerprint density at radius 3 is 2.11 bits per heavy atom. The second-order valence-electron chi connectivity index (χ2n) is 9.54. The smallest absolute Gasteiger partial charge is 0.350 e. The van der Waals surface area contributed by atoms with Crippen molar-refractivity contribution in [3.05, 3.63) is 59.2 Å². The van der Waals surface area contributed by atoms with Crippen LogP contribution in [0.2, 0.25) is 0 Å². The van der Waals surface area contributed by atoms with Crippen molar-refractivity contribution in [1.82, 2.24) is 40.6 Å². The second-order valence-corrected chi connectivity index (χ2v) is 9.54. The molecule has 0 saturated heterocycles. The lowest BCUT2D eigenvalue weighted by Crippen LogP contribution is -2.30. The van der Waals surface area contributed by atoms with Crippen LogP contribution in [-0.2, 0) is 25.8 Å². The fourth-order valence-electron chi connectivity index (χ4n) is 4.42. The Kier molecular flexibility index (Phi) is 9.08. The number of carbonyl (C=O) groups excluding carboxylic acids is 2. The van der Waals surface area contributed by atoms with Gasteiger partial charge >= 0.3 is 6.18 Å². The normalized spacial score (nSPS) is 14.4. The number of aromatic nitrogens is 6. The van der Waals surface area contributed by atoms with Crippen molar-refractivity contribution in [3.63, 3.8) is 0 Å². The van der Waals surface area contributed by atoms with Gasteiger partial charge in [-0.2, -0.15) is 13.2 Å². The van der Waals surface area contributed by atoms with Crippen molar-refractivity contribution in [2.24, 2.45) is 5.92 Å². The molecule has 4 rings (SSSR count). The molecule has 1 aliphatic carbocycles. The van der Waals surface area contributed by atoms with Gasteiger partial charge in [-0.3, -0.25) is 19.0 Å². The highest BCUT2D eigenvalue weighted by molar-refractivity contribution is 5.92. The highest BCUT2D eigenvalue weighted by Crippen LogP contribution is 2.29. The number of alkyl halides is 3. The third kappa shape index (κ3) is 7.86. The maximum absolute atomic E-state index is 12.8. The summed E-state index contributed by atoms with van der Waals surface area (Å²) in [6.45, 7) is 1.70. The van der Waals surface area contributed by atoms with Crippen LogP contribution in [0.4, 0.5) is 13.2 Å². The molecule has 0 bridgehead atoms. The van der Waals surface area contributed by atoms with E-state index in [2.05, 4.69) is 31.3 Å². The fourth-order valence-corrected chi connectivity index (χ4v) is 4.42. The molecule has 1 fully saturated rings. The number of halogens is 3. The van der Waals surface area contributed by atoms with Gasteiger partial charge in [-0.25, -0.2) is 0 Å². The van der Waals surface area contributed by atoms with E-state index in [9.17, 15) is 22.8 Å². The summed E-state index contributed by atoms with van der Waals surface area (Å²) in [6, 6.07) is 4.79. The predicted octanol–water partition coefficient (Wildman–Crippen LogP) is 3.61. The number of nitrogens with one attached hydrogen (secondary N) is 2. The fraction of sp³-hybridized carbons (Fsp3) is 0.520. The van der Waals surface area contributed by atoms with Gasteiger partial charge in [0.25, 0.3) is 11.8 Å². The lowest BCUT2D eigenvalue weighted by atomic mass is 9.89. The molecule has 3 aromatic rings. The van der Waals surface area contributed by atoms with Crippen LogP contribution in [0, 0.1) is 5.92 Å². The molecule has 1 saturated carbocycles. The summed E-state index contributed by atoms with van der Waals surface area (Å²) in [7, 11) is 0. The summed E-state index contributed by atoms with van der Waals surface area (Å²) >= 11 is 0. The van der Waals surface area contributed by atoms with E-state index in [4.69, 9.17) is 0 Å². The number of hydrogen-bond acceptors (Lipinski definition) is 6. The highest BCUT2D eigenvalue weighted by Gasteiger charge is 2.30. The second kappa shape index (κ2) is 12.7. The van der Waals surface area contributed by atoms with Gasteiger partial charge in [0.2, 0.25) is 0 Å². The van der Waals surface area contributed by atoms with Crippen molar-refractivity contribution in [1.29, 1.82) is 0 Å². The third-order valence-electron chi connectivity index (χ3n) is 6.55. The molecule has 0 atom stereocenters. The molecule has 2 heterocycles. The molecule has 2 amide bonds. The van der Waals surface area contributed by atoms with Crippen molar-refractivity contribution < 1.29 is 22.8 Å². The van der Waals surface area contributed by atoms with Gasteiger partial charge in [0.1, 0.15) is 0 Å². The van der Waals surface area contributed by atoms with Gasteiger partial charge in [0.05, 0.1) is 18.0 Å². The quantitative estimate of drug-likeness (QED) is 0.364. The molecule has 2 aromatic heterocycles. The first-order chi connectivity index (χ1) is 18.3. The maximum atomic E-state index is 12.8. The van der Waals surface area contributed by atoms with Gasteiger partial charge in [0.15, 0.2) is 11.4 Å². The van der Waals surface area contributed by atoms with E-state index in [1.807, 2.05) is 0 Å². The minimum Gasteiger partial charge on any atom is -0.350 e. The molecule has 0 unspecified atom stereocenters. The summed E-state index contributed by atoms with van der Waals surface area (Å²) in [5, 5.41) is 21.3. The van der Waals surface area contributed by atoms with E-state index < -0.39 is 17.6 Å². The van der Waals surface area contributed by atoms with E-state index in [-0.39, 0.29) is 18.1 Å². The number of amides is 2. The summed E-state index contributed by atoms with van der Waals surface area (Å²) < 4.78 is 41.7. The Labute approximate surface area is 218 Å². The minimum atomic E-state index is -4.44. The van der Waals surface area contributed by atoms with Crippen LogP contribution in [0.25, 0.3) is 0 Å². The zero-order chi connectivity index (χ0) is 27.0. The van der Waals surface area contributed by atoms with Crippen LogP contribution in [0.1, 0.15) is 77.0 Å². The number of nitrogens with zero attached hydrogens (tertiary/aromatic N) is 6. The molecule has 2 N–H and O–H groups in total. The maximum Gasteiger partial charge on any atom is 0.416 e. The molecule has 1 aliphatic rings. The SMILES string of the molecule is O=C(NCc1cccc(C(F)(F)F)c1)c1cn(CCCCn2cc(C(=O)NCC3CCCCC3)nn2)nn1. The Morgan fingerprint density at radius 1 is 0.895 bits per heavy atom. The number of benzene rings is 1. The molecule has 38 heavy (non-hydrogen) atoms. The molecular formula is C25H31F3N8O2. The molecule has 0 radical (unpaired) electrons. The largest absolute Gasteiger partial charge is 0.416 e. The monoisotopic (exact) mass is 532 g/mol. The molecule has 0 aliphatic heterocycles. The Hall–Kier alpha value is -3.77. The number of aryl methyl sites for hydroxylation is 2. The highest BCUT2D eigenvalue weighted by atomic mass is 19.4. The average Bonchev–Trinajstić information content (AvgIpc) is 3.59. The van der Waals surface area contributed by atoms with E-state index in [0.717, 1.165) is 37.8 Å². The van der Waals surface area contributed by atoms with Crippen LogP contribution in [0.3, 0.4) is 0 Å². The molecule has 1 aromatic carbocycles. The third-order valence-corrected chi connectivity index (χ3v) is 6.55. The lowest BCUT2D eigenvalue weighted by molar-refractivity contribution is -0.137. The van der Waals surface area contributed by atoms with Crippen LogP contribution < -0.4 is 10.6 Å². The number of carbonyl (C=O) groups is 2. The summed E-state index contributed by atoms with van der Waals surface area (Å²) in [6.07, 6.45) is 6.19. The van der Waals surface area contributed by atoms with Gasteiger partial charge in [-0.05, 0) is 49.3 Å². The van der Waals surface area contributed by atoms with E-state index >= 15 is 0 Å². The first-order valence-electron chi connectivity index (χ1n) is 12.8. The predicted molar refractivity (Wildman–Crippen MR) is 131 cm³/mol. The lowest BCUT2D eigenvalue weighted by Gasteiger charge is -2.21. The van der Waals surface area contributed by atoms with Crippen molar-refractivity contribution in [2.45, 2.75) is 70.8 Å². The average molecular weight is 533 g/mol. The van der Waals surface area contributed by atoms with Crippen LogP contribution in [-0.4, -0.2) is 48.3 Å². The van der Waals surface area contributed by atoms with E-state index in [1.54, 1.807) is 10.9 Å². The van der Waals surface area contributed by atoms with Crippen molar-refractivity contribution in [3.8, 4) is 0 Å². The standard InChI is InChI=1S/C25H31F3N8O2/c26-25(27,28)20-10-6-9-19(13-20)15-30-24(38)22-17-36(34-32-22)12-5-4-11-35-16-21(31-33-35)23(37)29-14-18-7-2-1-3-8-18/h6,9-10,13,16-18H,1-5,7-8,11-12,14-15H2,(H,29,37)(H,30,38). The number of hydrogen-bond donors (Lipinski definition) is 2. The van der Waals surface area contributed by atoms with Gasteiger partial charge < -0.3 is 10.6 Å². The van der Waals surface area contributed by atoms with Gasteiger partial charge in [-0.15, -0.1) is 10.2 Å². The molecule has 0 spiro atoms. The zero-order valence-electron chi connectivity index (χ0n) is 21.0. The summed E-state index contributed by atoms with van der Waals surface area (Å²) in [5.74, 6) is -0.185. The Balaban J connectivity index is 1.15. The minimum absolute atomic E-state index is 0.0614. The Bertz CT molecular complexity index is 1220. The van der Waals surface area contributed by atoms with Crippen LogP contribution in [0.15, 0.2) is 36.7 Å². The van der Waals surface area contributed by atoms with Crippen LogP contribution >= 0.6 is 0 Å². The first kappa shape index (κ1) is 27.3. The van der Waals surface area contributed by atoms with Crippen LogP contribution in [0.5, 0.6) is 0 Å². The topological polar surface area (TPSA) is 120 Å². The number of rotatable bonds is 11. The molecule has 204 valence electrons. The Morgan fingerprint density at radius 2 is 1.50 bits per heavy atom. The summed E-state index contributed by atoms with van der Waals surface area (Å²) in [4.78, 5) is 24.7. The van der Waals surface area contributed by atoms with Gasteiger partial charge in [-0.1, -0.05) is 41.8 Å². The van der Waals surface area contributed by atoms with Crippen molar-refractivity contribution >= 4 is 11.8 Å². The molecule has 10 nitrogen and oxygen atoms in total. The molecule has 13 heteroatoms. The van der Waals surface area contributed by atoms with Gasteiger partial charge in [0, 0.05) is 26.2 Å². The van der Waals surface area contributed by atoms with Crippen molar-refractivity contribution in [2.75, 3.05) is 6.54 Å². The summed E-state index contributed by atoms with van der Waals surface area (Å²) in [5.41, 5.74) is -0.0521. The first-order valence-corrected chi connectivity index (χ1v) is 12.8. The van der Waals surface area contributed by atoms with E-state index in [1.165, 1.54) is 42.3 Å². The van der Waals surface area contributed by atoms with E-state index in [0.29, 0.717) is 36.8 Å².